The van der Waals surface area contributed by atoms with E-state index in [1.54, 1.807) is 12.1 Å². The Labute approximate surface area is 84.5 Å². The van der Waals surface area contributed by atoms with E-state index in [0.717, 1.165) is 6.42 Å². The number of hydrogen-bond acceptors (Lipinski definition) is 2. The van der Waals surface area contributed by atoms with Gasteiger partial charge in [-0.25, -0.2) is 0 Å². The van der Waals surface area contributed by atoms with Crippen LogP contribution in [0.1, 0.15) is 30.8 Å². The Balaban J connectivity index is 2.41. The van der Waals surface area contributed by atoms with E-state index in [2.05, 4.69) is 26.1 Å². The van der Waals surface area contributed by atoms with Crippen LogP contribution in [0.5, 0.6) is 0 Å². The maximum Gasteiger partial charge on any atom is 0.287 e. The smallest absolute Gasteiger partial charge is 0.287 e. The number of rotatable bonds is 4. The fourth-order valence-electron chi connectivity index (χ4n) is 1.29. The number of hydrogen-bond donors (Lipinski definition) is 1. The van der Waals surface area contributed by atoms with Crippen LogP contribution in [-0.4, -0.2) is 11.9 Å². The summed E-state index contributed by atoms with van der Waals surface area (Å²) < 4.78 is 4.96. The topological polar surface area (TPSA) is 42.2 Å². The predicted octanol–water partition coefficient (Wildman–Crippen LogP) is 2.26. The number of carbonyl (C=O) groups excluding carboxylic acids is 1. The standard InChI is InChI=1S/C11H16NO2/c1-8(2)7-9(3)12-11(13)10-5-4-6-14-10/h4-6,8-9H,3,7H2,1-2H3,(H,12,13)/t9-/m0/s1. The van der Waals surface area contributed by atoms with E-state index < -0.39 is 0 Å². The molecule has 1 heterocycles. The molecule has 1 aromatic heterocycles. The van der Waals surface area contributed by atoms with Gasteiger partial charge >= 0.3 is 0 Å². The first-order valence-corrected chi connectivity index (χ1v) is 4.77. The first-order chi connectivity index (χ1) is 6.59. The lowest BCUT2D eigenvalue weighted by molar-refractivity contribution is 0.0912. The Hall–Kier alpha value is -1.25. The minimum Gasteiger partial charge on any atom is -0.459 e. The van der Waals surface area contributed by atoms with Crippen molar-refractivity contribution < 1.29 is 9.21 Å². The Morgan fingerprint density at radius 3 is 2.86 bits per heavy atom. The van der Waals surface area contributed by atoms with Crippen LogP contribution in [0.25, 0.3) is 0 Å². The summed E-state index contributed by atoms with van der Waals surface area (Å²) in [6.45, 7) is 8.04. The molecular formula is C11H16NO2. The van der Waals surface area contributed by atoms with Gasteiger partial charge in [0.2, 0.25) is 0 Å². The molecule has 1 amide bonds. The van der Waals surface area contributed by atoms with Crippen molar-refractivity contribution in [1.29, 1.82) is 0 Å². The Morgan fingerprint density at radius 1 is 1.64 bits per heavy atom. The summed E-state index contributed by atoms with van der Waals surface area (Å²) in [6, 6.07) is 3.26. The van der Waals surface area contributed by atoms with Crippen molar-refractivity contribution >= 4 is 5.91 Å². The van der Waals surface area contributed by atoms with Crippen molar-refractivity contribution in [2.75, 3.05) is 0 Å². The van der Waals surface area contributed by atoms with E-state index in [-0.39, 0.29) is 11.9 Å². The van der Waals surface area contributed by atoms with Gasteiger partial charge in [0.05, 0.1) is 6.26 Å². The number of carbonyl (C=O) groups is 1. The second-order valence-electron chi connectivity index (χ2n) is 3.78. The average molecular weight is 194 g/mol. The second kappa shape index (κ2) is 4.84. The summed E-state index contributed by atoms with van der Waals surface area (Å²) in [4.78, 5) is 11.5. The summed E-state index contributed by atoms with van der Waals surface area (Å²) in [6.07, 6.45) is 2.35. The molecule has 0 saturated heterocycles. The van der Waals surface area contributed by atoms with Crippen molar-refractivity contribution in [3.8, 4) is 0 Å². The van der Waals surface area contributed by atoms with Crippen LogP contribution >= 0.6 is 0 Å². The van der Waals surface area contributed by atoms with Crippen molar-refractivity contribution in [2.45, 2.75) is 26.3 Å². The highest BCUT2D eigenvalue weighted by Crippen LogP contribution is 2.05. The predicted molar refractivity (Wildman–Crippen MR) is 54.8 cm³/mol. The van der Waals surface area contributed by atoms with Crippen molar-refractivity contribution in [3.63, 3.8) is 0 Å². The fourth-order valence-corrected chi connectivity index (χ4v) is 1.29. The Bertz CT molecular complexity index is 277. The molecule has 0 aliphatic rings. The van der Waals surface area contributed by atoms with E-state index in [1.165, 1.54) is 6.26 Å². The molecule has 0 spiro atoms. The van der Waals surface area contributed by atoms with E-state index in [1.807, 2.05) is 0 Å². The third-order valence-electron chi connectivity index (χ3n) is 1.84. The zero-order valence-corrected chi connectivity index (χ0v) is 8.62. The van der Waals surface area contributed by atoms with Crippen LogP contribution in [-0.2, 0) is 0 Å². The highest BCUT2D eigenvalue weighted by Gasteiger charge is 2.12. The zero-order valence-electron chi connectivity index (χ0n) is 8.62. The molecule has 3 nitrogen and oxygen atoms in total. The van der Waals surface area contributed by atoms with Crippen molar-refractivity contribution in [2.24, 2.45) is 5.92 Å². The maximum atomic E-state index is 11.5. The molecular weight excluding hydrogens is 178 g/mol. The molecule has 1 atom stereocenters. The molecule has 0 aromatic carbocycles. The van der Waals surface area contributed by atoms with Crippen molar-refractivity contribution in [1.82, 2.24) is 5.32 Å². The quantitative estimate of drug-likeness (QED) is 0.798. The van der Waals surface area contributed by atoms with Gasteiger partial charge in [-0.3, -0.25) is 4.79 Å². The monoisotopic (exact) mass is 194 g/mol. The van der Waals surface area contributed by atoms with Gasteiger partial charge in [-0.15, -0.1) is 0 Å². The molecule has 0 aliphatic carbocycles. The van der Waals surface area contributed by atoms with Crippen LogP contribution in [0.4, 0.5) is 0 Å². The van der Waals surface area contributed by atoms with Crippen LogP contribution in [0.2, 0.25) is 0 Å². The molecule has 0 fully saturated rings. The molecule has 0 aliphatic heterocycles. The summed E-state index contributed by atoms with van der Waals surface area (Å²) in [5.41, 5.74) is 0. The molecule has 0 unspecified atom stereocenters. The summed E-state index contributed by atoms with van der Waals surface area (Å²) >= 11 is 0. The third-order valence-corrected chi connectivity index (χ3v) is 1.84. The highest BCUT2D eigenvalue weighted by atomic mass is 16.3. The van der Waals surface area contributed by atoms with Gasteiger partial charge in [-0.1, -0.05) is 13.8 Å². The zero-order chi connectivity index (χ0) is 10.6. The van der Waals surface area contributed by atoms with E-state index in [0.29, 0.717) is 11.7 Å². The molecule has 0 saturated carbocycles. The molecule has 1 N–H and O–H groups in total. The minimum absolute atomic E-state index is 0.0624. The van der Waals surface area contributed by atoms with Gasteiger partial charge in [0, 0.05) is 6.04 Å². The largest absolute Gasteiger partial charge is 0.459 e. The minimum atomic E-state index is -0.198. The fraction of sp³-hybridized carbons (Fsp3) is 0.455. The van der Waals surface area contributed by atoms with Crippen LogP contribution in [0, 0.1) is 12.8 Å². The average Bonchev–Trinajstić information content (AvgIpc) is 2.53. The molecule has 3 heteroatoms. The van der Waals surface area contributed by atoms with Gasteiger partial charge in [-0.2, -0.15) is 0 Å². The highest BCUT2D eigenvalue weighted by molar-refractivity contribution is 5.91. The van der Waals surface area contributed by atoms with Crippen LogP contribution < -0.4 is 5.32 Å². The lowest BCUT2D eigenvalue weighted by Gasteiger charge is -2.14. The van der Waals surface area contributed by atoms with Gasteiger partial charge in [0.1, 0.15) is 0 Å². The summed E-state index contributed by atoms with van der Waals surface area (Å²) in [5.74, 6) is 0.660. The van der Waals surface area contributed by atoms with E-state index >= 15 is 0 Å². The van der Waals surface area contributed by atoms with Crippen LogP contribution in [0.3, 0.4) is 0 Å². The van der Waals surface area contributed by atoms with E-state index in [4.69, 9.17) is 4.42 Å². The molecule has 77 valence electrons. The number of furan rings is 1. The summed E-state index contributed by atoms with van der Waals surface area (Å²) in [7, 11) is 0. The van der Waals surface area contributed by atoms with Crippen molar-refractivity contribution in [3.05, 3.63) is 31.1 Å². The number of nitrogens with one attached hydrogen (secondary N) is 1. The van der Waals surface area contributed by atoms with Gasteiger partial charge in [0.25, 0.3) is 5.91 Å². The molecule has 1 rings (SSSR count). The number of amides is 1. The lowest BCUT2D eigenvalue weighted by atomic mass is 10.1. The lowest BCUT2D eigenvalue weighted by Crippen LogP contribution is -2.33. The van der Waals surface area contributed by atoms with Gasteiger partial charge < -0.3 is 9.73 Å². The SMILES string of the molecule is [CH2][C@@H](CC(C)C)NC(=O)c1ccco1. The van der Waals surface area contributed by atoms with Crippen LogP contribution in [0.15, 0.2) is 22.8 Å². The second-order valence-corrected chi connectivity index (χ2v) is 3.78. The van der Waals surface area contributed by atoms with E-state index in [9.17, 15) is 4.79 Å². The molecule has 1 radical (unpaired) electrons. The maximum absolute atomic E-state index is 11.5. The summed E-state index contributed by atoms with van der Waals surface area (Å²) in [5, 5.41) is 2.77. The Morgan fingerprint density at radius 2 is 2.36 bits per heavy atom. The van der Waals surface area contributed by atoms with Gasteiger partial charge in [0.15, 0.2) is 5.76 Å². The van der Waals surface area contributed by atoms with Gasteiger partial charge in [-0.05, 0) is 31.4 Å². The third kappa shape index (κ3) is 3.24. The molecule has 1 aromatic rings. The Kier molecular flexibility index (Phi) is 3.74. The first-order valence-electron chi connectivity index (χ1n) is 4.77. The molecule has 14 heavy (non-hydrogen) atoms. The normalized spacial score (nSPS) is 12.9. The molecule has 0 bridgehead atoms. The first kappa shape index (κ1) is 10.8.